The lowest BCUT2D eigenvalue weighted by Gasteiger charge is -2.26. The molecule has 5 heteroatoms. The van der Waals surface area contributed by atoms with Gasteiger partial charge in [0.25, 0.3) is 0 Å². The Morgan fingerprint density at radius 1 is 1.33 bits per heavy atom. The predicted molar refractivity (Wildman–Crippen MR) is 57.8 cm³/mol. The highest BCUT2D eigenvalue weighted by atomic mass is 16.6. The SMILES string of the molecule is CCCCC(N)(CCON)C(=O)OCC. The Hall–Kier alpha value is -0.650. The Balaban J connectivity index is 4.30. The van der Waals surface area contributed by atoms with Crippen molar-refractivity contribution < 1.29 is 14.4 Å². The molecule has 0 heterocycles. The molecule has 1 unspecified atom stereocenters. The van der Waals surface area contributed by atoms with Gasteiger partial charge < -0.3 is 15.3 Å². The van der Waals surface area contributed by atoms with Gasteiger partial charge in [0.2, 0.25) is 0 Å². The number of esters is 1. The maximum Gasteiger partial charge on any atom is 0.326 e. The molecular formula is C10H22N2O3. The second-order valence-corrected chi connectivity index (χ2v) is 3.60. The Kier molecular flexibility index (Phi) is 7.29. The lowest BCUT2D eigenvalue weighted by atomic mass is 9.90. The van der Waals surface area contributed by atoms with Crippen LogP contribution in [0.3, 0.4) is 0 Å². The maximum absolute atomic E-state index is 11.6. The number of rotatable bonds is 8. The molecule has 1 atom stereocenters. The highest BCUT2D eigenvalue weighted by molar-refractivity contribution is 5.80. The van der Waals surface area contributed by atoms with Crippen molar-refractivity contribution in [3.05, 3.63) is 0 Å². The van der Waals surface area contributed by atoms with Crippen molar-refractivity contribution in [3.63, 3.8) is 0 Å². The summed E-state index contributed by atoms with van der Waals surface area (Å²) >= 11 is 0. The fourth-order valence-corrected chi connectivity index (χ4v) is 1.34. The number of carbonyl (C=O) groups is 1. The van der Waals surface area contributed by atoms with E-state index in [0.717, 1.165) is 12.8 Å². The first kappa shape index (κ1) is 14.3. The Labute approximate surface area is 91.0 Å². The highest BCUT2D eigenvalue weighted by Crippen LogP contribution is 2.17. The van der Waals surface area contributed by atoms with Crippen LogP contribution < -0.4 is 11.6 Å². The molecule has 5 nitrogen and oxygen atoms in total. The summed E-state index contributed by atoms with van der Waals surface area (Å²) in [7, 11) is 0. The molecule has 4 N–H and O–H groups in total. The summed E-state index contributed by atoms with van der Waals surface area (Å²) in [5.41, 5.74) is 5.04. The fourth-order valence-electron chi connectivity index (χ4n) is 1.34. The summed E-state index contributed by atoms with van der Waals surface area (Å²) in [4.78, 5) is 16.1. The quantitative estimate of drug-likeness (QED) is 0.463. The smallest absolute Gasteiger partial charge is 0.326 e. The standard InChI is InChI=1S/C10H22N2O3/c1-3-5-6-10(11,7-8-15-12)9(13)14-4-2/h3-8,11-12H2,1-2H3. The average molecular weight is 218 g/mol. The van der Waals surface area contributed by atoms with Gasteiger partial charge in [0.15, 0.2) is 0 Å². The topological polar surface area (TPSA) is 87.6 Å². The van der Waals surface area contributed by atoms with E-state index in [4.69, 9.17) is 16.4 Å². The maximum atomic E-state index is 11.6. The molecule has 0 aliphatic rings. The van der Waals surface area contributed by atoms with Crippen LogP contribution in [0.15, 0.2) is 0 Å². The van der Waals surface area contributed by atoms with Crippen LogP contribution in [0.5, 0.6) is 0 Å². The van der Waals surface area contributed by atoms with Crippen molar-refractivity contribution in [1.82, 2.24) is 0 Å². The van der Waals surface area contributed by atoms with Crippen molar-refractivity contribution in [2.24, 2.45) is 11.6 Å². The van der Waals surface area contributed by atoms with E-state index in [-0.39, 0.29) is 12.6 Å². The molecule has 0 saturated carbocycles. The summed E-state index contributed by atoms with van der Waals surface area (Å²) in [5, 5.41) is 0. The Morgan fingerprint density at radius 2 is 2.00 bits per heavy atom. The van der Waals surface area contributed by atoms with Crippen LogP contribution in [0.4, 0.5) is 0 Å². The minimum atomic E-state index is -0.953. The number of hydrogen-bond acceptors (Lipinski definition) is 5. The first-order valence-corrected chi connectivity index (χ1v) is 5.38. The van der Waals surface area contributed by atoms with Crippen LogP contribution in [0.25, 0.3) is 0 Å². The number of carbonyl (C=O) groups excluding carboxylic acids is 1. The minimum absolute atomic E-state index is 0.263. The van der Waals surface area contributed by atoms with E-state index in [9.17, 15) is 4.79 Å². The molecule has 0 aliphatic carbocycles. The third-order valence-electron chi connectivity index (χ3n) is 2.32. The zero-order valence-electron chi connectivity index (χ0n) is 9.62. The van der Waals surface area contributed by atoms with Crippen molar-refractivity contribution in [2.45, 2.75) is 45.1 Å². The zero-order chi connectivity index (χ0) is 11.7. The zero-order valence-corrected chi connectivity index (χ0v) is 9.62. The van der Waals surface area contributed by atoms with Gasteiger partial charge in [0.1, 0.15) is 5.54 Å². The lowest BCUT2D eigenvalue weighted by Crippen LogP contribution is -2.50. The van der Waals surface area contributed by atoms with Crippen LogP contribution >= 0.6 is 0 Å². The average Bonchev–Trinajstić information content (AvgIpc) is 2.24. The van der Waals surface area contributed by atoms with Crippen molar-refractivity contribution in [2.75, 3.05) is 13.2 Å². The van der Waals surface area contributed by atoms with Gasteiger partial charge in [0.05, 0.1) is 13.2 Å². The van der Waals surface area contributed by atoms with E-state index in [1.54, 1.807) is 6.92 Å². The van der Waals surface area contributed by atoms with Crippen LogP contribution in [0, 0.1) is 0 Å². The van der Waals surface area contributed by atoms with E-state index in [1.165, 1.54) is 0 Å². The van der Waals surface area contributed by atoms with Gasteiger partial charge >= 0.3 is 5.97 Å². The van der Waals surface area contributed by atoms with E-state index < -0.39 is 5.54 Å². The molecule has 15 heavy (non-hydrogen) atoms. The molecule has 0 aliphatic heterocycles. The molecule has 0 aromatic rings. The first-order chi connectivity index (χ1) is 7.10. The molecule has 0 aromatic heterocycles. The van der Waals surface area contributed by atoms with E-state index in [0.29, 0.717) is 19.4 Å². The van der Waals surface area contributed by atoms with Crippen LogP contribution in [-0.4, -0.2) is 24.7 Å². The molecule has 0 amide bonds. The molecule has 0 saturated heterocycles. The summed E-state index contributed by atoms with van der Waals surface area (Å²) in [6, 6.07) is 0. The second-order valence-electron chi connectivity index (χ2n) is 3.60. The third kappa shape index (κ3) is 5.11. The van der Waals surface area contributed by atoms with Crippen LogP contribution in [0.2, 0.25) is 0 Å². The normalized spacial score (nSPS) is 14.7. The molecule has 0 bridgehead atoms. The largest absolute Gasteiger partial charge is 0.465 e. The molecule has 0 fully saturated rings. The summed E-state index contributed by atoms with van der Waals surface area (Å²) in [6.45, 7) is 4.41. The third-order valence-corrected chi connectivity index (χ3v) is 2.32. The Bertz CT molecular complexity index is 178. The fraction of sp³-hybridized carbons (Fsp3) is 0.900. The number of ether oxygens (including phenoxy) is 1. The van der Waals surface area contributed by atoms with Crippen LogP contribution in [0.1, 0.15) is 39.5 Å². The van der Waals surface area contributed by atoms with E-state index in [1.807, 2.05) is 6.92 Å². The van der Waals surface area contributed by atoms with E-state index >= 15 is 0 Å². The molecule has 0 rings (SSSR count). The molecule has 0 radical (unpaired) electrons. The van der Waals surface area contributed by atoms with Crippen molar-refractivity contribution in [1.29, 1.82) is 0 Å². The molecular weight excluding hydrogens is 196 g/mol. The molecule has 0 aromatic carbocycles. The van der Waals surface area contributed by atoms with Crippen molar-refractivity contribution >= 4 is 5.97 Å². The lowest BCUT2D eigenvalue weighted by molar-refractivity contribution is -0.150. The number of nitrogens with two attached hydrogens (primary N) is 2. The first-order valence-electron chi connectivity index (χ1n) is 5.38. The van der Waals surface area contributed by atoms with Gasteiger partial charge in [-0.15, -0.1) is 0 Å². The van der Waals surface area contributed by atoms with Gasteiger partial charge in [-0.25, -0.2) is 5.90 Å². The van der Waals surface area contributed by atoms with Crippen molar-refractivity contribution in [3.8, 4) is 0 Å². The van der Waals surface area contributed by atoms with E-state index in [2.05, 4.69) is 4.84 Å². The molecule has 0 spiro atoms. The summed E-state index contributed by atoms with van der Waals surface area (Å²) in [6.07, 6.45) is 2.87. The van der Waals surface area contributed by atoms with Gasteiger partial charge in [0, 0.05) is 6.42 Å². The highest BCUT2D eigenvalue weighted by Gasteiger charge is 2.34. The van der Waals surface area contributed by atoms with Crippen LogP contribution in [-0.2, 0) is 14.4 Å². The minimum Gasteiger partial charge on any atom is -0.465 e. The monoisotopic (exact) mass is 218 g/mol. The van der Waals surface area contributed by atoms with Gasteiger partial charge in [-0.1, -0.05) is 19.8 Å². The second kappa shape index (κ2) is 7.62. The molecule has 90 valence electrons. The number of unbranched alkanes of at least 4 members (excludes halogenated alkanes) is 1. The van der Waals surface area contributed by atoms with Gasteiger partial charge in [-0.2, -0.15) is 0 Å². The summed E-state index contributed by atoms with van der Waals surface area (Å²) in [5.74, 6) is 4.57. The van der Waals surface area contributed by atoms with Gasteiger partial charge in [-0.3, -0.25) is 4.79 Å². The summed E-state index contributed by atoms with van der Waals surface area (Å²) < 4.78 is 4.94. The van der Waals surface area contributed by atoms with Gasteiger partial charge in [-0.05, 0) is 13.3 Å². The number of hydrogen-bond donors (Lipinski definition) is 2. The predicted octanol–water partition coefficient (Wildman–Crippen LogP) is 0.718. The Morgan fingerprint density at radius 3 is 2.47 bits per heavy atom.